The topological polar surface area (TPSA) is 44.7 Å². The molecule has 0 spiro atoms. The Morgan fingerprint density at radius 2 is 1.96 bits per heavy atom. The van der Waals surface area contributed by atoms with Crippen molar-refractivity contribution < 1.29 is 9.18 Å². The molecule has 4 nitrogen and oxygen atoms in total. The molecule has 124 valence electrons. The van der Waals surface area contributed by atoms with Crippen LogP contribution in [-0.4, -0.2) is 18.8 Å². The molecule has 2 aromatic carbocycles. The van der Waals surface area contributed by atoms with Gasteiger partial charge in [-0.1, -0.05) is 35.3 Å². The van der Waals surface area contributed by atoms with E-state index in [1.807, 2.05) is 0 Å². The second kappa shape index (κ2) is 6.79. The summed E-state index contributed by atoms with van der Waals surface area (Å²) < 4.78 is 14.9. The van der Waals surface area contributed by atoms with Crippen LogP contribution < -0.4 is 10.3 Å². The maximum atomic E-state index is 14.9. The predicted molar refractivity (Wildman–Crippen MR) is 95.0 cm³/mol. The molecule has 0 saturated heterocycles. The molecule has 7 heteroatoms. The Bertz CT molecular complexity index is 785. The zero-order valence-corrected chi connectivity index (χ0v) is 14.3. The molecule has 0 fully saturated rings. The van der Waals surface area contributed by atoms with E-state index in [0.29, 0.717) is 33.9 Å². The van der Waals surface area contributed by atoms with Crippen molar-refractivity contribution in [3.63, 3.8) is 0 Å². The fourth-order valence-electron chi connectivity index (χ4n) is 2.55. The van der Waals surface area contributed by atoms with Crippen molar-refractivity contribution in [1.82, 2.24) is 5.32 Å². The highest BCUT2D eigenvalue weighted by atomic mass is 35.5. The number of carbonyl (C=O) groups excluding carboxylic acids is 1. The largest absolute Gasteiger partial charge is 0.342 e. The maximum absolute atomic E-state index is 14.9. The average molecular weight is 366 g/mol. The summed E-state index contributed by atoms with van der Waals surface area (Å²) in [5, 5.41) is 8.65. The Morgan fingerprint density at radius 1 is 1.25 bits per heavy atom. The second-order valence-corrected chi connectivity index (χ2v) is 6.21. The summed E-state index contributed by atoms with van der Waals surface area (Å²) in [6.07, 6.45) is 0.187. The third-order valence-corrected chi connectivity index (χ3v) is 4.28. The fraction of sp³-hybridized carbons (Fsp3) is 0.176. The number of alkyl halides is 1. The third-order valence-electron chi connectivity index (χ3n) is 3.72. The Morgan fingerprint density at radius 3 is 2.58 bits per heavy atom. The monoisotopic (exact) mass is 365 g/mol. The molecular weight excluding hydrogens is 352 g/mol. The normalized spacial score (nSPS) is 15.3. The van der Waals surface area contributed by atoms with Crippen LogP contribution >= 0.6 is 23.2 Å². The van der Waals surface area contributed by atoms with E-state index in [2.05, 4.69) is 10.4 Å². The van der Waals surface area contributed by atoms with E-state index < -0.39 is 6.17 Å². The molecule has 1 N–H and O–H groups in total. The van der Waals surface area contributed by atoms with Crippen LogP contribution in [0.1, 0.15) is 22.9 Å². The van der Waals surface area contributed by atoms with Crippen molar-refractivity contribution in [1.29, 1.82) is 0 Å². The van der Waals surface area contributed by atoms with Gasteiger partial charge >= 0.3 is 6.03 Å². The molecule has 1 aliphatic rings. The van der Waals surface area contributed by atoms with Gasteiger partial charge in [-0.25, -0.2) is 9.18 Å². The summed E-state index contributed by atoms with van der Waals surface area (Å²) in [4.78, 5) is 11.9. The lowest BCUT2D eigenvalue weighted by Crippen LogP contribution is -2.41. The highest BCUT2D eigenvalue weighted by molar-refractivity contribution is 6.32. The number of benzene rings is 2. The number of carbonyl (C=O) groups is 1. The lowest BCUT2D eigenvalue weighted by molar-refractivity contribution is 0.247. The molecular formula is C17H14Cl2FN3O. The van der Waals surface area contributed by atoms with Crippen LogP contribution in [0.2, 0.25) is 10.0 Å². The van der Waals surface area contributed by atoms with Gasteiger partial charge in [0.1, 0.15) is 0 Å². The number of amides is 2. The first kappa shape index (κ1) is 16.7. The predicted octanol–water partition coefficient (Wildman–Crippen LogP) is 4.88. The molecule has 1 unspecified atom stereocenters. The Labute approximate surface area is 148 Å². The van der Waals surface area contributed by atoms with Gasteiger partial charge in [-0.05, 0) is 42.3 Å². The standard InChI is InChI=1S/C17H14Cl2FN3O/c1-10-8-13(23-17(24)21-6-7-22-23)9-14(19)15(10)16(20)11-2-4-12(18)5-3-11/h2-5,7-9,16H,6H2,1H3,(H,21,24). The molecule has 0 saturated carbocycles. The summed E-state index contributed by atoms with van der Waals surface area (Å²) in [5.74, 6) is 0. The quantitative estimate of drug-likeness (QED) is 0.827. The van der Waals surface area contributed by atoms with Crippen LogP contribution in [0.4, 0.5) is 14.9 Å². The van der Waals surface area contributed by atoms with E-state index in [-0.39, 0.29) is 11.1 Å². The first-order chi connectivity index (χ1) is 11.5. The fourth-order valence-corrected chi connectivity index (χ4v) is 3.03. The molecule has 1 aliphatic heterocycles. The Balaban J connectivity index is 1.98. The number of halogens is 3. The number of hydrazone groups is 1. The van der Waals surface area contributed by atoms with E-state index in [1.54, 1.807) is 43.5 Å². The van der Waals surface area contributed by atoms with E-state index in [0.717, 1.165) is 0 Å². The van der Waals surface area contributed by atoms with E-state index in [1.165, 1.54) is 11.1 Å². The lowest BCUT2D eigenvalue weighted by Gasteiger charge is -2.23. The first-order valence-corrected chi connectivity index (χ1v) is 8.03. The number of hydrogen-bond acceptors (Lipinski definition) is 2. The molecule has 2 aromatic rings. The minimum Gasteiger partial charge on any atom is -0.331 e. The molecule has 0 aliphatic carbocycles. The van der Waals surface area contributed by atoms with Crippen molar-refractivity contribution in [3.05, 3.63) is 63.1 Å². The van der Waals surface area contributed by atoms with Gasteiger partial charge in [-0.2, -0.15) is 10.1 Å². The van der Waals surface area contributed by atoms with Crippen LogP contribution in [0.5, 0.6) is 0 Å². The van der Waals surface area contributed by atoms with E-state index >= 15 is 0 Å². The number of anilines is 1. The minimum absolute atomic E-state index is 0.237. The highest BCUT2D eigenvalue weighted by Crippen LogP contribution is 2.37. The highest BCUT2D eigenvalue weighted by Gasteiger charge is 2.23. The SMILES string of the molecule is Cc1cc(N2N=CCNC2=O)cc(Cl)c1C(F)c1ccc(Cl)cc1. The lowest BCUT2D eigenvalue weighted by atomic mass is 9.98. The van der Waals surface area contributed by atoms with Crippen molar-refractivity contribution >= 4 is 41.1 Å². The van der Waals surface area contributed by atoms with Crippen molar-refractivity contribution in [2.75, 3.05) is 11.6 Å². The van der Waals surface area contributed by atoms with Crippen molar-refractivity contribution in [2.24, 2.45) is 5.10 Å². The summed E-state index contributed by atoms with van der Waals surface area (Å²) in [6, 6.07) is 9.38. The Hall–Kier alpha value is -2.11. The number of aryl methyl sites for hydroxylation is 1. The zero-order valence-electron chi connectivity index (χ0n) is 12.8. The molecule has 24 heavy (non-hydrogen) atoms. The number of nitrogens with zero attached hydrogens (tertiary/aromatic N) is 2. The van der Waals surface area contributed by atoms with Crippen LogP contribution in [0.25, 0.3) is 0 Å². The van der Waals surface area contributed by atoms with Gasteiger partial charge in [-0.15, -0.1) is 0 Å². The molecule has 3 rings (SSSR count). The number of urea groups is 1. The van der Waals surface area contributed by atoms with Gasteiger partial charge in [0.25, 0.3) is 0 Å². The number of nitrogens with one attached hydrogen (secondary N) is 1. The molecule has 0 aromatic heterocycles. The second-order valence-electron chi connectivity index (χ2n) is 5.37. The van der Waals surface area contributed by atoms with Crippen LogP contribution in [0.3, 0.4) is 0 Å². The third kappa shape index (κ3) is 3.23. The molecule has 1 heterocycles. The van der Waals surface area contributed by atoms with Crippen molar-refractivity contribution in [3.8, 4) is 0 Å². The van der Waals surface area contributed by atoms with Crippen LogP contribution in [0, 0.1) is 6.92 Å². The summed E-state index contributed by atoms with van der Waals surface area (Å²) in [5.41, 5.74) is 1.95. The maximum Gasteiger partial charge on any atom is 0.342 e. The van der Waals surface area contributed by atoms with Crippen LogP contribution in [0.15, 0.2) is 41.5 Å². The van der Waals surface area contributed by atoms with Gasteiger partial charge in [0.2, 0.25) is 0 Å². The van der Waals surface area contributed by atoms with E-state index in [4.69, 9.17) is 23.2 Å². The van der Waals surface area contributed by atoms with E-state index in [9.17, 15) is 9.18 Å². The summed E-state index contributed by atoms with van der Waals surface area (Å²) in [7, 11) is 0. The van der Waals surface area contributed by atoms with Gasteiger partial charge in [0, 0.05) is 21.8 Å². The van der Waals surface area contributed by atoms with Gasteiger partial charge in [-0.3, -0.25) is 0 Å². The average Bonchev–Trinajstić information content (AvgIpc) is 2.55. The van der Waals surface area contributed by atoms with Crippen LogP contribution in [-0.2, 0) is 0 Å². The molecule has 0 radical (unpaired) electrons. The summed E-state index contributed by atoms with van der Waals surface area (Å²) in [6.45, 7) is 2.13. The number of rotatable bonds is 3. The molecule has 1 atom stereocenters. The molecule has 2 amide bonds. The smallest absolute Gasteiger partial charge is 0.331 e. The minimum atomic E-state index is -1.39. The summed E-state index contributed by atoms with van der Waals surface area (Å²) >= 11 is 12.1. The zero-order chi connectivity index (χ0) is 17.3. The van der Waals surface area contributed by atoms with Gasteiger partial charge < -0.3 is 5.32 Å². The molecule has 0 bridgehead atoms. The Kier molecular flexibility index (Phi) is 4.73. The van der Waals surface area contributed by atoms with Gasteiger partial charge in [0.15, 0.2) is 6.17 Å². The number of hydrogen-bond donors (Lipinski definition) is 1. The van der Waals surface area contributed by atoms with Crippen molar-refractivity contribution in [2.45, 2.75) is 13.1 Å². The van der Waals surface area contributed by atoms with Gasteiger partial charge in [0.05, 0.1) is 12.2 Å². The first-order valence-electron chi connectivity index (χ1n) is 7.27.